The largest absolute Gasteiger partial charge is 0.497 e. The van der Waals surface area contributed by atoms with E-state index in [2.05, 4.69) is 11.4 Å². The van der Waals surface area contributed by atoms with Crippen molar-refractivity contribution in [2.24, 2.45) is 0 Å². The van der Waals surface area contributed by atoms with Gasteiger partial charge in [0.05, 0.1) is 7.11 Å². The predicted octanol–water partition coefficient (Wildman–Crippen LogP) is 4.87. The Morgan fingerprint density at radius 1 is 1.14 bits per heavy atom. The van der Waals surface area contributed by atoms with Crippen molar-refractivity contribution in [2.45, 2.75) is 33.1 Å². The molecule has 0 aliphatic rings. The molecule has 1 amide bonds. The number of hydrogen-bond acceptors (Lipinski definition) is 3. The molecule has 0 heterocycles. The molecule has 0 atom stereocenters. The minimum atomic E-state index is -1.01. The molecule has 0 saturated heterocycles. The quantitative estimate of drug-likeness (QED) is 0.471. The van der Waals surface area contributed by atoms with Gasteiger partial charge >= 0.3 is 5.97 Å². The zero-order valence-electron chi connectivity index (χ0n) is 17.1. The molecule has 0 radical (unpaired) electrons. The normalized spacial score (nSPS) is 10.6. The van der Waals surface area contributed by atoms with Crippen LogP contribution in [-0.2, 0) is 22.4 Å². The van der Waals surface area contributed by atoms with Gasteiger partial charge in [0.1, 0.15) is 5.75 Å². The first-order valence-corrected chi connectivity index (χ1v) is 9.47. The van der Waals surface area contributed by atoms with Crippen LogP contribution in [0.3, 0.4) is 0 Å². The van der Waals surface area contributed by atoms with Crippen molar-refractivity contribution in [1.29, 1.82) is 0 Å². The lowest BCUT2D eigenvalue weighted by Gasteiger charge is -2.12. The molecule has 5 nitrogen and oxygen atoms in total. The van der Waals surface area contributed by atoms with Crippen LogP contribution in [0.5, 0.6) is 5.75 Å². The van der Waals surface area contributed by atoms with Crippen LogP contribution in [0.25, 0.3) is 6.08 Å². The van der Waals surface area contributed by atoms with Crippen LogP contribution in [0.2, 0.25) is 0 Å². The molecular weight excluding hydrogens is 366 g/mol. The van der Waals surface area contributed by atoms with E-state index >= 15 is 0 Å². The zero-order valence-corrected chi connectivity index (χ0v) is 17.1. The number of nitrogens with one attached hydrogen (secondary N) is 1. The topological polar surface area (TPSA) is 75.6 Å². The second-order valence-corrected chi connectivity index (χ2v) is 6.97. The van der Waals surface area contributed by atoms with Gasteiger partial charge in [-0.25, -0.2) is 4.79 Å². The zero-order chi connectivity index (χ0) is 21.2. The van der Waals surface area contributed by atoms with Crippen molar-refractivity contribution in [3.8, 4) is 5.75 Å². The molecule has 0 fully saturated rings. The van der Waals surface area contributed by atoms with Gasteiger partial charge in [-0.05, 0) is 67.7 Å². The summed E-state index contributed by atoms with van der Waals surface area (Å²) in [7, 11) is 1.62. The molecule has 2 aromatic rings. The summed E-state index contributed by atoms with van der Waals surface area (Å²) in [4.78, 5) is 23.3. The molecule has 2 N–H and O–H groups in total. The average Bonchev–Trinajstić information content (AvgIpc) is 2.70. The SMILES string of the molecule is COc1cccc(CCC(=O)Nc2cc(/C=C/C(=O)O)ccc2CC=C(C)C)c1. The third-order valence-corrected chi connectivity index (χ3v) is 4.33. The fourth-order valence-electron chi connectivity index (χ4n) is 2.77. The molecule has 152 valence electrons. The highest BCUT2D eigenvalue weighted by atomic mass is 16.5. The second-order valence-electron chi connectivity index (χ2n) is 6.97. The van der Waals surface area contributed by atoms with E-state index < -0.39 is 5.97 Å². The number of allylic oxidation sites excluding steroid dienone is 2. The minimum absolute atomic E-state index is 0.0920. The number of aliphatic carboxylic acids is 1. The monoisotopic (exact) mass is 393 g/mol. The molecule has 5 heteroatoms. The average molecular weight is 393 g/mol. The lowest BCUT2D eigenvalue weighted by molar-refractivity contribution is -0.131. The molecule has 2 rings (SSSR count). The number of hydrogen-bond donors (Lipinski definition) is 2. The minimum Gasteiger partial charge on any atom is -0.497 e. The number of rotatable bonds is 9. The van der Waals surface area contributed by atoms with Crippen molar-refractivity contribution in [1.82, 2.24) is 0 Å². The van der Waals surface area contributed by atoms with Gasteiger partial charge in [0.2, 0.25) is 5.91 Å². The van der Waals surface area contributed by atoms with Gasteiger partial charge in [-0.3, -0.25) is 4.79 Å². The first kappa shape index (κ1) is 22.0. The number of amides is 1. The fourth-order valence-corrected chi connectivity index (χ4v) is 2.77. The van der Waals surface area contributed by atoms with Gasteiger partial charge in [0.25, 0.3) is 0 Å². The Labute approximate surface area is 171 Å². The van der Waals surface area contributed by atoms with Crippen LogP contribution in [0.15, 0.2) is 60.2 Å². The molecular formula is C24H27NO4. The summed E-state index contributed by atoms with van der Waals surface area (Å²) < 4.78 is 5.22. The van der Waals surface area contributed by atoms with E-state index in [4.69, 9.17) is 9.84 Å². The van der Waals surface area contributed by atoms with Gasteiger partial charge < -0.3 is 15.2 Å². The molecule has 0 unspecified atom stereocenters. The van der Waals surface area contributed by atoms with E-state index in [1.807, 2.05) is 50.2 Å². The van der Waals surface area contributed by atoms with Crippen LogP contribution < -0.4 is 10.1 Å². The molecule has 29 heavy (non-hydrogen) atoms. The van der Waals surface area contributed by atoms with Crippen molar-refractivity contribution in [3.63, 3.8) is 0 Å². The lowest BCUT2D eigenvalue weighted by atomic mass is 10.0. The number of anilines is 1. The summed E-state index contributed by atoms with van der Waals surface area (Å²) in [5.74, 6) is -0.335. The molecule has 0 saturated carbocycles. The van der Waals surface area contributed by atoms with E-state index in [9.17, 15) is 9.59 Å². The molecule has 0 aromatic heterocycles. The number of ether oxygens (including phenoxy) is 1. The first-order chi connectivity index (χ1) is 13.9. The van der Waals surface area contributed by atoms with Gasteiger partial charge in [-0.2, -0.15) is 0 Å². The Morgan fingerprint density at radius 2 is 1.93 bits per heavy atom. The highest BCUT2D eigenvalue weighted by Crippen LogP contribution is 2.21. The summed E-state index contributed by atoms with van der Waals surface area (Å²) in [5, 5.41) is 11.8. The highest BCUT2D eigenvalue weighted by Gasteiger charge is 2.08. The summed E-state index contributed by atoms with van der Waals surface area (Å²) in [6.45, 7) is 4.05. The Bertz CT molecular complexity index is 924. The number of carboxylic acid groups (broad SMARTS) is 1. The third kappa shape index (κ3) is 7.66. The van der Waals surface area contributed by atoms with Crippen LogP contribution in [0.1, 0.15) is 37.0 Å². The van der Waals surface area contributed by atoms with Crippen LogP contribution in [-0.4, -0.2) is 24.1 Å². The van der Waals surface area contributed by atoms with Gasteiger partial charge in [-0.15, -0.1) is 0 Å². The summed E-state index contributed by atoms with van der Waals surface area (Å²) >= 11 is 0. The van der Waals surface area contributed by atoms with Crippen molar-refractivity contribution < 1.29 is 19.4 Å². The third-order valence-electron chi connectivity index (χ3n) is 4.33. The molecule has 2 aromatic carbocycles. The summed E-state index contributed by atoms with van der Waals surface area (Å²) in [5.41, 5.74) is 4.62. The number of carboxylic acids is 1. The molecule has 0 bridgehead atoms. The lowest BCUT2D eigenvalue weighted by Crippen LogP contribution is -2.14. The number of aryl methyl sites for hydroxylation is 1. The Balaban J connectivity index is 2.13. The smallest absolute Gasteiger partial charge is 0.328 e. The van der Waals surface area contributed by atoms with E-state index in [1.54, 1.807) is 13.2 Å². The molecule has 0 aliphatic carbocycles. The summed E-state index contributed by atoms with van der Waals surface area (Å²) in [6, 6.07) is 13.2. The van der Waals surface area contributed by atoms with Crippen molar-refractivity contribution >= 4 is 23.6 Å². The Morgan fingerprint density at radius 3 is 2.62 bits per heavy atom. The Hall–Kier alpha value is -3.34. The van der Waals surface area contributed by atoms with E-state index in [0.29, 0.717) is 24.9 Å². The number of carbonyl (C=O) groups is 2. The van der Waals surface area contributed by atoms with Gasteiger partial charge in [0.15, 0.2) is 0 Å². The number of methoxy groups -OCH3 is 1. The fraction of sp³-hybridized carbons (Fsp3) is 0.250. The van der Waals surface area contributed by atoms with Gasteiger partial charge in [-0.1, -0.05) is 35.9 Å². The second kappa shape index (κ2) is 10.9. The molecule has 0 spiro atoms. The number of benzene rings is 2. The maximum atomic E-state index is 12.5. The summed E-state index contributed by atoms with van der Waals surface area (Å²) in [6.07, 6.45) is 6.32. The van der Waals surface area contributed by atoms with Crippen LogP contribution in [0, 0.1) is 0 Å². The highest BCUT2D eigenvalue weighted by molar-refractivity contribution is 5.92. The first-order valence-electron chi connectivity index (χ1n) is 9.47. The van der Waals surface area contributed by atoms with Crippen LogP contribution in [0.4, 0.5) is 5.69 Å². The Kier molecular flexibility index (Phi) is 8.22. The van der Waals surface area contributed by atoms with Gasteiger partial charge in [0, 0.05) is 18.2 Å². The van der Waals surface area contributed by atoms with Crippen molar-refractivity contribution in [3.05, 3.63) is 76.9 Å². The van der Waals surface area contributed by atoms with E-state index in [0.717, 1.165) is 28.5 Å². The standard InChI is InChI=1S/C24H27NO4/c1-17(2)7-11-20-12-8-19(10-14-24(27)28)16-22(20)25-23(26)13-9-18-5-4-6-21(15-18)29-3/h4-8,10,12,14-16H,9,11,13H2,1-3H3,(H,25,26)(H,27,28)/b14-10+. The van der Waals surface area contributed by atoms with E-state index in [1.165, 1.54) is 11.6 Å². The van der Waals surface area contributed by atoms with Crippen LogP contribution >= 0.6 is 0 Å². The number of carbonyl (C=O) groups excluding carboxylic acids is 1. The maximum Gasteiger partial charge on any atom is 0.328 e. The maximum absolute atomic E-state index is 12.5. The van der Waals surface area contributed by atoms with E-state index in [-0.39, 0.29) is 5.91 Å². The predicted molar refractivity (Wildman–Crippen MR) is 116 cm³/mol. The molecule has 0 aliphatic heterocycles. The van der Waals surface area contributed by atoms with Crippen molar-refractivity contribution in [2.75, 3.05) is 12.4 Å².